The molecule has 0 aliphatic carbocycles. The lowest BCUT2D eigenvalue weighted by Gasteiger charge is -2.11. The molecule has 0 aliphatic rings. The van der Waals surface area contributed by atoms with Crippen LogP contribution in [0.2, 0.25) is 0 Å². The summed E-state index contributed by atoms with van der Waals surface area (Å²) in [4.78, 5) is 20.8. The second-order valence-corrected chi connectivity index (χ2v) is 5.64. The predicted molar refractivity (Wildman–Crippen MR) is 101 cm³/mol. The van der Waals surface area contributed by atoms with Gasteiger partial charge in [0, 0.05) is 30.7 Å². The van der Waals surface area contributed by atoms with Crippen molar-refractivity contribution < 1.29 is 14.3 Å². The Kier molecular flexibility index (Phi) is 5.84. The molecule has 3 aromatic rings. The summed E-state index contributed by atoms with van der Waals surface area (Å²) < 4.78 is 12.6. The topological polar surface area (TPSA) is 78.3 Å². The van der Waals surface area contributed by atoms with Crippen molar-refractivity contribution in [2.75, 3.05) is 13.7 Å². The molecule has 3 rings (SSSR count). The van der Waals surface area contributed by atoms with E-state index in [0.29, 0.717) is 30.2 Å². The van der Waals surface area contributed by atoms with Gasteiger partial charge in [0.15, 0.2) is 11.5 Å². The number of ether oxygens (including phenoxy) is 2. The number of aromatic nitrogens is 3. The van der Waals surface area contributed by atoms with Crippen LogP contribution in [0.3, 0.4) is 0 Å². The van der Waals surface area contributed by atoms with Gasteiger partial charge >= 0.3 is 0 Å². The van der Waals surface area contributed by atoms with Gasteiger partial charge in [-0.3, -0.25) is 9.36 Å². The Morgan fingerprint density at radius 2 is 2.19 bits per heavy atom. The van der Waals surface area contributed by atoms with Gasteiger partial charge in [-0.15, -0.1) is 0 Å². The number of methoxy groups -OCH3 is 1. The molecule has 1 N–H and O–H groups in total. The summed E-state index contributed by atoms with van der Waals surface area (Å²) >= 11 is 0. The van der Waals surface area contributed by atoms with Crippen LogP contribution in [0.5, 0.6) is 11.5 Å². The molecule has 0 atom stereocenters. The summed E-state index contributed by atoms with van der Waals surface area (Å²) in [6, 6.07) is 8.83. The highest BCUT2D eigenvalue weighted by Gasteiger charge is 2.11. The summed E-state index contributed by atoms with van der Waals surface area (Å²) in [5, 5.41) is 2.87. The van der Waals surface area contributed by atoms with E-state index in [0.717, 1.165) is 11.4 Å². The largest absolute Gasteiger partial charge is 0.493 e. The molecule has 1 aromatic carbocycles. The minimum absolute atomic E-state index is 0.206. The van der Waals surface area contributed by atoms with Crippen LogP contribution in [0, 0.1) is 0 Å². The summed E-state index contributed by atoms with van der Waals surface area (Å²) in [6.07, 6.45) is 8.56. The number of rotatable bonds is 8. The molecule has 0 saturated carbocycles. The molecule has 27 heavy (non-hydrogen) atoms. The lowest BCUT2D eigenvalue weighted by atomic mass is 10.2. The zero-order valence-corrected chi connectivity index (χ0v) is 15.0. The van der Waals surface area contributed by atoms with E-state index in [1.54, 1.807) is 43.0 Å². The van der Waals surface area contributed by atoms with Crippen LogP contribution < -0.4 is 14.8 Å². The van der Waals surface area contributed by atoms with E-state index in [-0.39, 0.29) is 5.91 Å². The molecule has 2 aromatic heterocycles. The van der Waals surface area contributed by atoms with Gasteiger partial charge < -0.3 is 14.8 Å². The van der Waals surface area contributed by atoms with Gasteiger partial charge in [-0.25, -0.2) is 9.97 Å². The van der Waals surface area contributed by atoms with E-state index in [9.17, 15) is 4.79 Å². The number of carbonyl (C=O) groups excluding carboxylic acids is 1. The molecule has 0 unspecified atom stereocenters. The maximum Gasteiger partial charge on any atom is 0.251 e. The van der Waals surface area contributed by atoms with Crippen molar-refractivity contribution in [3.05, 3.63) is 79.0 Å². The lowest BCUT2D eigenvalue weighted by molar-refractivity contribution is 0.0950. The molecule has 1 amide bonds. The first kappa shape index (κ1) is 18.2. The Hall–Kier alpha value is -3.61. The van der Waals surface area contributed by atoms with Crippen LogP contribution >= 0.6 is 0 Å². The van der Waals surface area contributed by atoms with Crippen molar-refractivity contribution >= 4 is 5.91 Å². The van der Waals surface area contributed by atoms with Crippen LogP contribution in [-0.2, 0) is 6.54 Å². The Morgan fingerprint density at radius 3 is 2.85 bits per heavy atom. The highest BCUT2D eigenvalue weighted by Crippen LogP contribution is 2.28. The maximum absolute atomic E-state index is 12.4. The zero-order valence-electron chi connectivity index (χ0n) is 15.0. The predicted octanol–water partition coefficient (Wildman–Crippen LogP) is 2.77. The molecular formula is C20H20N4O3. The molecule has 0 fully saturated rings. The van der Waals surface area contributed by atoms with Gasteiger partial charge in [-0.05, 0) is 29.8 Å². The number of imidazole rings is 1. The molecular weight excluding hydrogens is 344 g/mol. The first-order valence-electron chi connectivity index (χ1n) is 8.34. The Bertz CT molecular complexity index is 905. The monoisotopic (exact) mass is 364 g/mol. The van der Waals surface area contributed by atoms with Crippen molar-refractivity contribution in [2.24, 2.45) is 0 Å². The van der Waals surface area contributed by atoms with Crippen LogP contribution in [0.1, 0.15) is 15.9 Å². The summed E-state index contributed by atoms with van der Waals surface area (Å²) in [5.74, 6) is 1.62. The smallest absolute Gasteiger partial charge is 0.251 e. The van der Waals surface area contributed by atoms with E-state index in [2.05, 4.69) is 21.9 Å². The first-order valence-corrected chi connectivity index (χ1v) is 8.34. The minimum atomic E-state index is -0.206. The highest BCUT2D eigenvalue weighted by molar-refractivity contribution is 5.94. The first-order chi connectivity index (χ1) is 13.2. The van der Waals surface area contributed by atoms with E-state index >= 15 is 0 Å². The molecule has 2 heterocycles. The fourth-order valence-corrected chi connectivity index (χ4v) is 2.43. The quantitative estimate of drug-likeness (QED) is 0.622. The lowest BCUT2D eigenvalue weighted by Crippen LogP contribution is -2.23. The number of hydrogen-bond donors (Lipinski definition) is 1. The number of nitrogens with zero attached hydrogens (tertiary/aromatic N) is 3. The van der Waals surface area contributed by atoms with E-state index in [1.165, 1.54) is 7.11 Å². The van der Waals surface area contributed by atoms with Crippen molar-refractivity contribution in [1.29, 1.82) is 0 Å². The van der Waals surface area contributed by atoms with E-state index in [4.69, 9.17) is 9.47 Å². The van der Waals surface area contributed by atoms with Gasteiger partial charge in [0.25, 0.3) is 5.91 Å². The van der Waals surface area contributed by atoms with Crippen LogP contribution in [0.4, 0.5) is 0 Å². The minimum Gasteiger partial charge on any atom is -0.493 e. The number of nitrogens with one attached hydrogen (secondary N) is 1. The Morgan fingerprint density at radius 1 is 1.30 bits per heavy atom. The number of pyridine rings is 1. The van der Waals surface area contributed by atoms with Gasteiger partial charge in [0.05, 0.1) is 7.11 Å². The third-order valence-corrected chi connectivity index (χ3v) is 3.81. The van der Waals surface area contributed by atoms with Crippen molar-refractivity contribution in [2.45, 2.75) is 6.54 Å². The SMILES string of the molecule is C=CCOc1ccc(C(=O)NCc2ccc(-n3ccnc3)nc2)cc1OC. The second kappa shape index (κ2) is 8.66. The Labute approximate surface area is 157 Å². The Balaban J connectivity index is 1.62. The number of hydrogen-bond acceptors (Lipinski definition) is 5. The fourth-order valence-electron chi connectivity index (χ4n) is 2.43. The normalized spacial score (nSPS) is 10.3. The van der Waals surface area contributed by atoms with Gasteiger partial charge in [-0.2, -0.15) is 0 Å². The van der Waals surface area contributed by atoms with Crippen molar-refractivity contribution in [3.63, 3.8) is 0 Å². The third kappa shape index (κ3) is 4.52. The average molecular weight is 364 g/mol. The summed E-state index contributed by atoms with van der Waals surface area (Å²) in [6.45, 7) is 4.34. The second-order valence-electron chi connectivity index (χ2n) is 5.64. The number of carbonyl (C=O) groups is 1. The van der Waals surface area contributed by atoms with Crippen LogP contribution in [0.25, 0.3) is 5.82 Å². The van der Waals surface area contributed by atoms with E-state index in [1.807, 2.05) is 22.9 Å². The van der Waals surface area contributed by atoms with Crippen molar-refractivity contribution in [1.82, 2.24) is 19.9 Å². The van der Waals surface area contributed by atoms with Crippen LogP contribution in [0.15, 0.2) is 67.9 Å². The molecule has 0 aliphatic heterocycles. The molecule has 0 bridgehead atoms. The zero-order chi connectivity index (χ0) is 19.1. The molecule has 0 radical (unpaired) electrons. The van der Waals surface area contributed by atoms with Crippen LogP contribution in [-0.4, -0.2) is 34.2 Å². The molecule has 7 heteroatoms. The molecule has 7 nitrogen and oxygen atoms in total. The third-order valence-electron chi connectivity index (χ3n) is 3.81. The standard InChI is InChI=1S/C20H20N4O3/c1-3-10-27-17-6-5-16(11-18(17)26-2)20(25)23-13-15-4-7-19(22-12-15)24-9-8-21-14-24/h3-9,11-12,14H,1,10,13H2,2H3,(H,23,25). The average Bonchev–Trinajstić information content (AvgIpc) is 3.25. The van der Waals surface area contributed by atoms with Crippen molar-refractivity contribution in [3.8, 4) is 17.3 Å². The summed E-state index contributed by atoms with van der Waals surface area (Å²) in [5.41, 5.74) is 1.38. The van der Waals surface area contributed by atoms with E-state index < -0.39 is 0 Å². The fraction of sp³-hybridized carbons (Fsp3) is 0.150. The summed E-state index contributed by atoms with van der Waals surface area (Å²) in [7, 11) is 1.53. The number of benzene rings is 1. The van der Waals surface area contributed by atoms with Gasteiger partial charge in [0.2, 0.25) is 0 Å². The molecule has 0 saturated heterocycles. The maximum atomic E-state index is 12.4. The molecule has 138 valence electrons. The molecule has 0 spiro atoms. The van der Waals surface area contributed by atoms with Gasteiger partial charge in [0.1, 0.15) is 18.8 Å². The number of amides is 1. The van der Waals surface area contributed by atoms with Gasteiger partial charge in [-0.1, -0.05) is 18.7 Å². The highest BCUT2D eigenvalue weighted by atomic mass is 16.5.